The monoisotopic (exact) mass is 197 g/mol. The first-order chi connectivity index (χ1) is 6.72. The van der Waals surface area contributed by atoms with Crippen LogP contribution in [0.15, 0.2) is 9.59 Å². The molecule has 0 aromatic carbocycles. The summed E-state index contributed by atoms with van der Waals surface area (Å²) < 4.78 is 1.26. The molecule has 0 amide bonds. The largest absolute Gasteiger partial charge is 0.394 e. The Morgan fingerprint density at radius 2 is 2.14 bits per heavy atom. The second-order valence-electron chi connectivity index (χ2n) is 2.64. The Kier molecular flexibility index (Phi) is 1.89. The second-order valence-corrected chi connectivity index (χ2v) is 2.64. The molecule has 0 aliphatic carbocycles. The average Bonchev–Trinajstić information content (AvgIpc) is 2.49. The molecule has 3 N–H and O–H groups in total. The van der Waals surface area contributed by atoms with E-state index >= 15 is 0 Å². The fraction of sp³-hybridized carbons (Fsp3) is 0.333. The van der Waals surface area contributed by atoms with Gasteiger partial charge in [-0.3, -0.25) is 14.8 Å². The van der Waals surface area contributed by atoms with Gasteiger partial charge in [0.15, 0.2) is 11.2 Å². The van der Waals surface area contributed by atoms with E-state index in [1.165, 1.54) is 4.68 Å². The van der Waals surface area contributed by atoms with Gasteiger partial charge in [0, 0.05) is 0 Å². The van der Waals surface area contributed by atoms with Gasteiger partial charge in [0.2, 0.25) is 0 Å². The number of rotatable bonds is 2. The summed E-state index contributed by atoms with van der Waals surface area (Å²) in [6, 6.07) is 0. The highest BCUT2D eigenvalue weighted by Gasteiger charge is 2.08. The van der Waals surface area contributed by atoms with Crippen LogP contribution in [0.25, 0.3) is 11.2 Å². The van der Waals surface area contributed by atoms with Crippen molar-refractivity contribution in [2.24, 2.45) is 0 Å². The Hall–Kier alpha value is -1.96. The van der Waals surface area contributed by atoms with Gasteiger partial charge in [-0.1, -0.05) is 5.21 Å². The van der Waals surface area contributed by atoms with Crippen LogP contribution in [-0.4, -0.2) is 36.7 Å². The van der Waals surface area contributed by atoms with E-state index in [9.17, 15) is 9.59 Å². The van der Waals surface area contributed by atoms with Gasteiger partial charge in [-0.2, -0.15) is 0 Å². The standard InChI is InChI=1S/C6H7N5O3/c12-2-1-11-4-3(9-10-11)5(13)8-6(14)7-4/h12H,1-2H2,(H2,7,8,13,14). The minimum absolute atomic E-state index is 0.0538. The summed E-state index contributed by atoms with van der Waals surface area (Å²) in [5.74, 6) is 0. The van der Waals surface area contributed by atoms with Crippen molar-refractivity contribution < 1.29 is 5.11 Å². The minimum atomic E-state index is -0.621. The number of aromatic amines is 2. The molecule has 74 valence electrons. The van der Waals surface area contributed by atoms with Gasteiger partial charge in [0.1, 0.15) is 0 Å². The Morgan fingerprint density at radius 3 is 2.86 bits per heavy atom. The molecule has 14 heavy (non-hydrogen) atoms. The smallest absolute Gasteiger partial charge is 0.327 e. The van der Waals surface area contributed by atoms with Gasteiger partial charge in [0.25, 0.3) is 5.56 Å². The number of hydrogen-bond acceptors (Lipinski definition) is 5. The van der Waals surface area contributed by atoms with Gasteiger partial charge >= 0.3 is 5.69 Å². The van der Waals surface area contributed by atoms with Crippen LogP contribution in [0.1, 0.15) is 0 Å². The van der Waals surface area contributed by atoms with Gasteiger partial charge in [-0.25, -0.2) is 9.48 Å². The first-order valence-electron chi connectivity index (χ1n) is 3.89. The zero-order valence-corrected chi connectivity index (χ0v) is 7.02. The number of fused-ring (bicyclic) bond motifs is 1. The van der Waals surface area contributed by atoms with Crippen LogP contribution in [0, 0.1) is 0 Å². The molecule has 2 heterocycles. The van der Waals surface area contributed by atoms with Gasteiger partial charge < -0.3 is 5.11 Å². The number of aromatic nitrogens is 5. The molecule has 0 aliphatic heterocycles. The van der Waals surface area contributed by atoms with Crippen molar-refractivity contribution in [2.45, 2.75) is 6.54 Å². The van der Waals surface area contributed by atoms with E-state index in [1.54, 1.807) is 0 Å². The predicted octanol–water partition coefficient (Wildman–Crippen LogP) is -2.20. The molecule has 2 rings (SSSR count). The van der Waals surface area contributed by atoms with E-state index in [0.29, 0.717) is 0 Å². The van der Waals surface area contributed by atoms with Crippen molar-refractivity contribution >= 4 is 11.2 Å². The van der Waals surface area contributed by atoms with E-state index in [1.807, 2.05) is 4.98 Å². The van der Waals surface area contributed by atoms with Crippen molar-refractivity contribution in [1.82, 2.24) is 25.0 Å². The third-order valence-electron chi connectivity index (χ3n) is 1.72. The molecule has 2 aromatic rings. The van der Waals surface area contributed by atoms with Crippen LogP contribution in [0.3, 0.4) is 0 Å². The van der Waals surface area contributed by atoms with E-state index in [0.717, 1.165) is 0 Å². The van der Waals surface area contributed by atoms with E-state index in [4.69, 9.17) is 5.11 Å². The van der Waals surface area contributed by atoms with Crippen molar-refractivity contribution in [3.8, 4) is 0 Å². The highest BCUT2D eigenvalue weighted by atomic mass is 16.3. The molecule has 8 heteroatoms. The number of hydrogen-bond donors (Lipinski definition) is 3. The lowest BCUT2D eigenvalue weighted by atomic mass is 10.5. The normalized spacial score (nSPS) is 10.9. The molecule has 0 bridgehead atoms. The maximum atomic E-state index is 11.2. The van der Waals surface area contributed by atoms with Crippen molar-refractivity contribution in [1.29, 1.82) is 0 Å². The number of nitrogens with one attached hydrogen (secondary N) is 2. The molecular weight excluding hydrogens is 190 g/mol. The molecule has 2 aromatic heterocycles. The first-order valence-corrected chi connectivity index (χ1v) is 3.89. The number of aliphatic hydroxyl groups is 1. The Balaban J connectivity index is 2.79. The lowest BCUT2D eigenvalue weighted by Gasteiger charge is -1.95. The first kappa shape index (κ1) is 8.63. The molecule has 0 unspecified atom stereocenters. The van der Waals surface area contributed by atoms with Crippen LogP contribution in [0.2, 0.25) is 0 Å². The summed E-state index contributed by atoms with van der Waals surface area (Å²) >= 11 is 0. The molecule has 0 aliphatic rings. The Bertz CT molecular complexity index is 565. The van der Waals surface area contributed by atoms with Crippen LogP contribution < -0.4 is 11.2 Å². The third kappa shape index (κ3) is 1.21. The van der Waals surface area contributed by atoms with Crippen molar-refractivity contribution in [3.05, 3.63) is 20.8 Å². The van der Waals surface area contributed by atoms with Gasteiger partial charge in [-0.15, -0.1) is 5.10 Å². The van der Waals surface area contributed by atoms with E-state index < -0.39 is 11.2 Å². The topological polar surface area (TPSA) is 117 Å². The predicted molar refractivity (Wildman–Crippen MR) is 45.9 cm³/mol. The number of H-pyrrole nitrogens is 2. The lowest BCUT2D eigenvalue weighted by Crippen LogP contribution is -2.22. The highest BCUT2D eigenvalue weighted by Crippen LogP contribution is 1.97. The number of aliphatic hydroxyl groups excluding tert-OH is 1. The second kappa shape index (κ2) is 3.07. The SMILES string of the molecule is O=c1[nH]c(=O)c2nnn(CCO)c2[nH]1. The van der Waals surface area contributed by atoms with Crippen LogP contribution >= 0.6 is 0 Å². The lowest BCUT2D eigenvalue weighted by molar-refractivity contribution is 0.270. The van der Waals surface area contributed by atoms with Crippen LogP contribution in [0.5, 0.6) is 0 Å². The summed E-state index contributed by atoms with van der Waals surface area (Å²) in [6.07, 6.45) is 0. The Morgan fingerprint density at radius 1 is 1.36 bits per heavy atom. The number of nitrogens with zero attached hydrogens (tertiary/aromatic N) is 3. The summed E-state index contributed by atoms with van der Waals surface area (Å²) in [5.41, 5.74) is -0.942. The molecule has 0 saturated heterocycles. The highest BCUT2D eigenvalue weighted by molar-refractivity contribution is 5.67. The van der Waals surface area contributed by atoms with Crippen LogP contribution in [0.4, 0.5) is 0 Å². The molecule has 8 nitrogen and oxygen atoms in total. The molecule has 0 radical (unpaired) electrons. The summed E-state index contributed by atoms with van der Waals surface area (Å²) in [4.78, 5) is 26.5. The molecule has 0 saturated carbocycles. The van der Waals surface area contributed by atoms with Gasteiger partial charge in [-0.05, 0) is 0 Å². The van der Waals surface area contributed by atoms with Crippen LogP contribution in [-0.2, 0) is 6.54 Å². The van der Waals surface area contributed by atoms with E-state index in [2.05, 4.69) is 15.3 Å². The van der Waals surface area contributed by atoms with Crippen molar-refractivity contribution in [3.63, 3.8) is 0 Å². The zero-order chi connectivity index (χ0) is 10.1. The Labute approximate surface area is 76.2 Å². The maximum Gasteiger partial charge on any atom is 0.327 e. The molecule has 0 spiro atoms. The minimum Gasteiger partial charge on any atom is -0.394 e. The fourth-order valence-electron chi connectivity index (χ4n) is 1.14. The maximum absolute atomic E-state index is 11.2. The fourth-order valence-corrected chi connectivity index (χ4v) is 1.14. The van der Waals surface area contributed by atoms with Gasteiger partial charge in [0.05, 0.1) is 13.2 Å². The average molecular weight is 197 g/mol. The third-order valence-corrected chi connectivity index (χ3v) is 1.72. The molecular formula is C6H7N5O3. The summed E-state index contributed by atoms with van der Waals surface area (Å²) in [7, 11) is 0. The summed E-state index contributed by atoms with van der Waals surface area (Å²) in [5, 5.41) is 15.8. The quantitative estimate of drug-likeness (QED) is 0.505. The summed E-state index contributed by atoms with van der Waals surface area (Å²) in [6.45, 7) is 0.0309. The van der Waals surface area contributed by atoms with Crippen molar-refractivity contribution in [2.75, 3.05) is 6.61 Å². The van der Waals surface area contributed by atoms with E-state index in [-0.39, 0.29) is 24.3 Å². The molecule has 0 fully saturated rings. The zero-order valence-electron chi connectivity index (χ0n) is 7.02. The molecule has 0 atom stereocenters.